The Hall–Kier alpha value is -1.55. The maximum Gasteiger partial charge on any atom is 0.323 e. The molecule has 20 heavy (non-hydrogen) atoms. The fraction of sp³-hybridized carbons (Fsp3) is 0.562. The maximum atomic E-state index is 11.6. The summed E-state index contributed by atoms with van der Waals surface area (Å²) in [5.41, 5.74) is 0.388. The third-order valence-electron chi connectivity index (χ3n) is 4.11. The van der Waals surface area contributed by atoms with Crippen LogP contribution in [0.4, 0.5) is 0 Å². The van der Waals surface area contributed by atoms with Crippen molar-refractivity contribution in [2.24, 2.45) is 0 Å². The van der Waals surface area contributed by atoms with Crippen LogP contribution in [0.3, 0.4) is 0 Å². The van der Waals surface area contributed by atoms with Gasteiger partial charge in [-0.2, -0.15) is 0 Å². The highest BCUT2D eigenvalue weighted by molar-refractivity contribution is 5.78. The van der Waals surface area contributed by atoms with Crippen molar-refractivity contribution in [1.82, 2.24) is 4.90 Å². The Kier molecular flexibility index (Phi) is 4.65. The second kappa shape index (κ2) is 6.27. The SMILES string of the molecule is CCOc1ccc(CN2CCCCC2(C)C(=O)O)cc1. The molecule has 1 fully saturated rings. The lowest BCUT2D eigenvalue weighted by molar-refractivity contribution is -0.153. The average molecular weight is 277 g/mol. The minimum Gasteiger partial charge on any atom is -0.494 e. The van der Waals surface area contributed by atoms with Crippen molar-refractivity contribution in [3.05, 3.63) is 29.8 Å². The number of piperidine rings is 1. The number of carboxylic acids is 1. The molecule has 0 spiro atoms. The fourth-order valence-electron chi connectivity index (χ4n) is 2.75. The summed E-state index contributed by atoms with van der Waals surface area (Å²) < 4.78 is 5.42. The largest absolute Gasteiger partial charge is 0.494 e. The molecule has 1 heterocycles. The molecule has 0 aliphatic carbocycles. The van der Waals surface area contributed by atoms with E-state index >= 15 is 0 Å². The fourth-order valence-corrected chi connectivity index (χ4v) is 2.75. The van der Waals surface area contributed by atoms with Crippen molar-refractivity contribution < 1.29 is 14.6 Å². The Labute approximate surface area is 120 Å². The molecular weight excluding hydrogens is 254 g/mol. The Morgan fingerprint density at radius 2 is 2.05 bits per heavy atom. The lowest BCUT2D eigenvalue weighted by Gasteiger charge is -2.41. The van der Waals surface area contributed by atoms with Gasteiger partial charge in [-0.25, -0.2) is 0 Å². The van der Waals surface area contributed by atoms with Crippen LogP contribution in [-0.4, -0.2) is 34.7 Å². The van der Waals surface area contributed by atoms with Gasteiger partial charge in [-0.05, 0) is 57.4 Å². The predicted octanol–water partition coefficient (Wildman–Crippen LogP) is 2.91. The van der Waals surface area contributed by atoms with Crippen molar-refractivity contribution >= 4 is 5.97 Å². The van der Waals surface area contributed by atoms with Crippen LogP contribution in [0.5, 0.6) is 5.75 Å². The molecule has 1 aliphatic rings. The van der Waals surface area contributed by atoms with Gasteiger partial charge in [-0.15, -0.1) is 0 Å². The number of nitrogens with zero attached hydrogens (tertiary/aromatic N) is 1. The molecule has 1 saturated heterocycles. The minimum absolute atomic E-state index is 0.655. The molecule has 0 radical (unpaired) electrons. The van der Waals surface area contributed by atoms with Gasteiger partial charge in [-0.3, -0.25) is 9.69 Å². The summed E-state index contributed by atoms with van der Waals surface area (Å²) in [4.78, 5) is 13.6. The van der Waals surface area contributed by atoms with E-state index in [1.54, 1.807) is 0 Å². The lowest BCUT2D eigenvalue weighted by Crippen LogP contribution is -2.54. The summed E-state index contributed by atoms with van der Waals surface area (Å²) in [6, 6.07) is 7.92. The highest BCUT2D eigenvalue weighted by atomic mass is 16.5. The second-order valence-corrected chi connectivity index (χ2v) is 5.53. The number of likely N-dealkylation sites (tertiary alicyclic amines) is 1. The first-order valence-electron chi connectivity index (χ1n) is 7.26. The van der Waals surface area contributed by atoms with Gasteiger partial charge in [0, 0.05) is 6.54 Å². The van der Waals surface area contributed by atoms with E-state index in [0.29, 0.717) is 13.2 Å². The van der Waals surface area contributed by atoms with Crippen LogP contribution in [-0.2, 0) is 11.3 Å². The Bertz CT molecular complexity index is 457. The summed E-state index contributed by atoms with van der Waals surface area (Å²) in [7, 11) is 0. The smallest absolute Gasteiger partial charge is 0.323 e. The van der Waals surface area contributed by atoms with Gasteiger partial charge in [0.2, 0.25) is 0 Å². The molecule has 1 atom stereocenters. The first-order valence-corrected chi connectivity index (χ1v) is 7.26. The highest BCUT2D eigenvalue weighted by Gasteiger charge is 2.41. The third-order valence-corrected chi connectivity index (χ3v) is 4.11. The zero-order valence-electron chi connectivity index (χ0n) is 12.3. The number of carbonyl (C=O) groups is 1. The molecule has 1 aromatic rings. The van der Waals surface area contributed by atoms with Crippen LogP contribution in [0, 0.1) is 0 Å². The topological polar surface area (TPSA) is 49.8 Å². The second-order valence-electron chi connectivity index (χ2n) is 5.53. The molecule has 110 valence electrons. The lowest BCUT2D eigenvalue weighted by atomic mass is 9.88. The van der Waals surface area contributed by atoms with E-state index in [9.17, 15) is 9.90 Å². The molecule has 1 aliphatic heterocycles. The van der Waals surface area contributed by atoms with E-state index in [2.05, 4.69) is 4.90 Å². The molecule has 1 N–H and O–H groups in total. The molecule has 0 aromatic heterocycles. The summed E-state index contributed by atoms with van der Waals surface area (Å²) in [6.45, 7) is 5.97. The van der Waals surface area contributed by atoms with E-state index in [1.165, 1.54) is 0 Å². The number of rotatable bonds is 5. The van der Waals surface area contributed by atoms with Crippen molar-refractivity contribution in [1.29, 1.82) is 0 Å². The summed E-state index contributed by atoms with van der Waals surface area (Å²) in [5, 5.41) is 9.50. The average Bonchev–Trinajstić information content (AvgIpc) is 2.44. The molecular formula is C16H23NO3. The quantitative estimate of drug-likeness (QED) is 0.899. The standard InChI is InChI=1S/C16H23NO3/c1-3-20-14-8-6-13(7-9-14)12-17-11-5-4-10-16(17,2)15(18)19/h6-9H,3-5,10-12H2,1-2H3,(H,18,19). The summed E-state index contributed by atoms with van der Waals surface area (Å²) in [6.07, 6.45) is 2.78. The van der Waals surface area contributed by atoms with Gasteiger partial charge < -0.3 is 9.84 Å². The van der Waals surface area contributed by atoms with Crippen LogP contribution >= 0.6 is 0 Å². The van der Waals surface area contributed by atoms with Crippen molar-refractivity contribution in [3.8, 4) is 5.75 Å². The van der Waals surface area contributed by atoms with Crippen molar-refractivity contribution in [2.75, 3.05) is 13.2 Å². The monoisotopic (exact) mass is 277 g/mol. The van der Waals surface area contributed by atoms with Gasteiger partial charge in [0.1, 0.15) is 11.3 Å². The Morgan fingerprint density at radius 1 is 1.35 bits per heavy atom. The number of aliphatic carboxylic acids is 1. The first kappa shape index (κ1) is 14.9. The van der Waals surface area contributed by atoms with Crippen LogP contribution in [0.25, 0.3) is 0 Å². The van der Waals surface area contributed by atoms with Gasteiger partial charge in [-0.1, -0.05) is 12.1 Å². The van der Waals surface area contributed by atoms with Crippen LogP contribution < -0.4 is 4.74 Å². The molecule has 1 aromatic carbocycles. The normalized spacial score (nSPS) is 23.5. The predicted molar refractivity (Wildman–Crippen MR) is 77.9 cm³/mol. The molecule has 2 rings (SSSR count). The van der Waals surface area contributed by atoms with Crippen molar-refractivity contribution in [2.45, 2.75) is 45.2 Å². The maximum absolute atomic E-state index is 11.6. The molecule has 4 heteroatoms. The summed E-state index contributed by atoms with van der Waals surface area (Å²) >= 11 is 0. The number of benzene rings is 1. The van der Waals surface area contributed by atoms with Crippen molar-refractivity contribution in [3.63, 3.8) is 0 Å². The van der Waals surface area contributed by atoms with E-state index in [1.807, 2.05) is 38.1 Å². The molecule has 0 amide bonds. The van der Waals surface area contributed by atoms with Gasteiger partial charge in [0.05, 0.1) is 6.61 Å². The van der Waals surface area contributed by atoms with E-state index in [-0.39, 0.29) is 0 Å². The number of hydrogen-bond donors (Lipinski definition) is 1. The third kappa shape index (κ3) is 3.12. The van der Waals surface area contributed by atoms with Crippen LogP contribution in [0.2, 0.25) is 0 Å². The van der Waals surface area contributed by atoms with E-state index < -0.39 is 11.5 Å². The zero-order valence-corrected chi connectivity index (χ0v) is 12.3. The summed E-state index contributed by atoms with van der Waals surface area (Å²) in [5.74, 6) is 0.138. The van der Waals surface area contributed by atoms with E-state index in [4.69, 9.17) is 4.74 Å². The first-order chi connectivity index (χ1) is 9.56. The Morgan fingerprint density at radius 3 is 2.65 bits per heavy atom. The van der Waals surface area contributed by atoms with Crippen LogP contribution in [0.1, 0.15) is 38.7 Å². The number of hydrogen-bond acceptors (Lipinski definition) is 3. The minimum atomic E-state index is -0.739. The molecule has 1 unspecified atom stereocenters. The molecule has 4 nitrogen and oxygen atoms in total. The van der Waals surface area contributed by atoms with E-state index in [0.717, 1.165) is 37.1 Å². The Balaban J connectivity index is 2.08. The van der Waals surface area contributed by atoms with Crippen LogP contribution in [0.15, 0.2) is 24.3 Å². The highest BCUT2D eigenvalue weighted by Crippen LogP contribution is 2.30. The molecule has 0 saturated carbocycles. The molecule has 0 bridgehead atoms. The van der Waals surface area contributed by atoms with Gasteiger partial charge in [0.25, 0.3) is 0 Å². The number of ether oxygens (including phenoxy) is 1. The number of carboxylic acid groups (broad SMARTS) is 1. The zero-order chi connectivity index (χ0) is 14.6. The van der Waals surface area contributed by atoms with Gasteiger partial charge >= 0.3 is 5.97 Å². The van der Waals surface area contributed by atoms with Gasteiger partial charge in [0.15, 0.2) is 0 Å².